The van der Waals surface area contributed by atoms with Crippen molar-refractivity contribution in [3.05, 3.63) is 23.3 Å². The van der Waals surface area contributed by atoms with Crippen LogP contribution in [-0.2, 0) is 19.0 Å². The molecule has 5 rings (SSSR count). The summed E-state index contributed by atoms with van der Waals surface area (Å²) in [7, 11) is 0. The summed E-state index contributed by atoms with van der Waals surface area (Å²) in [5.74, 6) is -0.147. The molecule has 2 aromatic heterocycles. The maximum absolute atomic E-state index is 13.2. The average molecular weight is 462 g/mol. The lowest BCUT2D eigenvalue weighted by Gasteiger charge is -2.37. The van der Waals surface area contributed by atoms with Crippen molar-refractivity contribution in [1.29, 1.82) is 0 Å². The van der Waals surface area contributed by atoms with E-state index >= 15 is 0 Å². The molecule has 1 N–H and O–H groups in total. The molecule has 0 bridgehead atoms. The molecule has 32 heavy (non-hydrogen) atoms. The fraction of sp³-hybridized carbons (Fsp3) is 0.591. The number of likely N-dealkylation sites (tertiary alicyclic amines) is 1. The molecular formula is C22H27N3O6S. The number of hydrogen-bond acceptors (Lipinski definition) is 9. The Morgan fingerprint density at radius 1 is 1.16 bits per heavy atom. The lowest BCUT2D eigenvalue weighted by molar-refractivity contribution is -0.185. The molecule has 172 valence electrons. The number of piperidine rings is 1. The van der Waals surface area contributed by atoms with Crippen LogP contribution in [0.2, 0.25) is 0 Å². The van der Waals surface area contributed by atoms with Crippen LogP contribution in [0.25, 0.3) is 11.5 Å². The van der Waals surface area contributed by atoms with Gasteiger partial charge in [-0.05, 0) is 25.0 Å². The third-order valence-corrected chi connectivity index (χ3v) is 7.23. The number of nitrogens with one attached hydrogen (secondary N) is 1. The van der Waals surface area contributed by atoms with Crippen LogP contribution in [0.4, 0.5) is 5.13 Å². The van der Waals surface area contributed by atoms with Gasteiger partial charge in [-0.3, -0.25) is 14.5 Å². The van der Waals surface area contributed by atoms with E-state index in [1.54, 1.807) is 18.4 Å². The number of carbonyl (C=O) groups is 2. The second-order valence-electron chi connectivity index (χ2n) is 8.36. The molecule has 2 aromatic rings. The number of carbonyl (C=O) groups excluding carboxylic acids is 2. The number of anilines is 1. The SMILES string of the molecule is O=C(CN1CCC2(CC1)OCCO2)Nc1nc(-c2ccco2)c(C(=O)C2CCOCC2)s1. The van der Waals surface area contributed by atoms with Crippen LogP contribution in [0, 0.1) is 5.92 Å². The molecule has 0 unspecified atom stereocenters. The highest BCUT2D eigenvalue weighted by atomic mass is 32.1. The zero-order chi connectivity index (χ0) is 22.0. The standard InChI is InChI=1S/C22H27N3O6S/c26-17(14-25-7-5-22(6-8-25)30-12-13-31-22)23-21-24-18(16-2-1-9-29-16)20(32-21)19(27)15-3-10-28-11-4-15/h1-2,9,15H,3-8,10-14H2,(H,23,24,26). The summed E-state index contributed by atoms with van der Waals surface area (Å²) in [5.41, 5.74) is 0.488. The second kappa shape index (κ2) is 9.40. The summed E-state index contributed by atoms with van der Waals surface area (Å²) in [4.78, 5) is 33.0. The first-order chi connectivity index (χ1) is 15.6. The molecule has 3 aliphatic rings. The molecule has 3 aliphatic heterocycles. The third kappa shape index (κ3) is 4.65. The number of hydrogen-bond donors (Lipinski definition) is 1. The fourth-order valence-corrected chi connectivity index (χ4v) is 5.47. The van der Waals surface area contributed by atoms with Crippen LogP contribution >= 0.6 is 11.3 Å². The zero-order valence-electron chi connectivity index (χ0n) is 17.8. The summed E-state index contributed by atoms with van der Waals surface area (Å²) < 4.78 is 22.4. The summed E-state index contributed by atoms with van der Waals surface area (Å²) in [6.07, 6.45) is 4.45. The minimum Gasteiger partial charge on any atom is -0.463 e. The Kier molecular flexibility index (Phi) is 6.38. The smallest absolute Gasteiger partial charge is 0.240 e. The van der Waals surface area contributed by atoms with Gasteiger partial charge in [0.15, 0.2) is 22.5 Å². The number of Topliss-reactive ketones (excluding diaryl/α,β-unsaturated/α-hetero) is 1. The normalized spacial score (nSPS) is 21.8. The lowest BCUT2D eigenvalue weighted by atomic mass is 9.94. The van der Waals surface area contributed by atoms with Crippen LogP contribution < -0.4 is 5.32 Å². The van der Waals surface area contributed by atoms with E-state index in [0.29, 0.717) is 60.7 Å². The Balaban J connectivity index is 1.25. The molecule has 1 spiro atoms. The minimum absolute atomic E-state index is 0.0376. The maximum Gasteiger partial charge on any atom is 0.240 e. The molecule has 0 saturated carbocycles. The van der Waals surface area contributed by atoms with Crippen molar-refractivity contribution in [3.8, 4) is 11.5 Å². The largest absolute Gasteiger partial charge is 0.463 e. The molecule has 9 nitrogen and oxygen atoms in total. The summed E-state index contributed by atoms with van der Waals surface area (Å²) >= 11 is 1.21. The summed E-state index contributed by atoms with van der Waals surface area (Å²) in [6.45, 7) is 4.17. The number of furan rings is 1. The molecule has 0 radical (unpaired) electrons. The molecule has 0 atom stereocenters. The van der Waals surface area contributed by atoms with E-state index in [-0.39, 0.29) is 24.2 Å². The molecule has 0 aliphatic carbocycles. The Bertz CT molecular complexity index is 937. The number of ketones is 1. The lowest BCUT2D eigenvalue weighted by Crippen LogP contribution is -2.47. The number of rotatable bonds is 6. The van der Waals surface area contributed by atoms with Gasteiger partial charge in [0, 0.05) is 45.1 Å². The second-order valence-corrected chi connectivity index (χ2v) is 9.36. The Morgan fingerprint density at radius 2 is 1.91 bits per heavy atom. The van der Waals surface area contributed by atoms with E-state index in [9.17, 15) is 9.59 Å². The number of ether oxygens (including phenoxy) is 3. The molecule has 1 amide bonds. The van der Waals surface area contributed by atoms with Gasteiger partial charge in [-0.15, -0.1) is 0 Å². The quantitative estimate of drug-likeness (QED) is 0.655. The van der Waals surface area contributed by atoms with Crippen LogP contribution in [0.1, 0.15) is 35.4 Å². The third-order valence-electron chi connectivity index (χ3n) is 6.24. The van der Waals surface area contributed by atoms with E-state index in [1.165, 1.54) is 11.3 Å². The molecule has 10 heteroatoms. The van der Waals surface area contributed by atoms with Gasteiger partial charge in [-0.2, -0.15) is 0 Å². The predicted octanol–water partition coefficient (Wildman–Crippen LogP) is 2.79. The van der Waals surface area contributed by atoms with Gasteiger partial charge in [-0.1, -0.05) is 11.3 Å². The van der Waals surface area contributed by atoms with Crippen LogP contribution in [0.5, 0.6) is 0 Å². The molecule has 0 aromatic carbocycles. The van der Waals surface area contributed by atoms with Crippen molar-refractivity contribution in [3.63, 3.8) is 0 Å². The van der Waals surface area contributed by atoms with Crippen molar-refractivity contribution in [2.45, 2.75) is 31.5 Å². The van der Waals surface area contributed by atoms with E-state index in [4.69, 9.17) is 18.6 Å². The van der Waals surface area contributed by atoms with E-state index < -0.39 is 5.79 Å². The highest BCUT2D eigenvalue weighted by molar-refractivity contribution is 7.18. The highest BCUT2D eigenvalue weighted by Crippen LogP contribution is 2.35. The van der Waals surface area contributed by atoms with Crippen LogP contribution in [0.15, 0.2) is 22.8 Å². The average Bonchev–Trinajstić information content (AvgIpc) is 3.57. The maximum atomic E-state index is 13.2. The summed E-state index contributed by atoms with van der Waals surface area (Å²) in [6, 6.07) is 3.54. The van der Waals surface area contributed by atoms with Gasteiger partial charge in [-0.25, -0.2) is 4.98 Å². The van der Waals surface area contributed by atoms with Gasteiger partial charge in [0.05, 0.1) is 26.0 Å². The molecule has 3 saturated heterocycles. The van der Waals surface area contributed by atoms with Crippen LogP contribution in [0.3, 0.4) is 0 Å². The van der Waals surface area contributed by atoms with Gasteiger partial charge in [0.25, 0.3) is 0 Å². The Labute approximate surface area is 190 Å². The van der Waals surface area contributed by atoms with Crippen molar-refractivity contribution >= 4 is 28.2 Å². The van der Waals surface area contributed by atoms with E-state index in [0.717, 1.165) is 25.9 Å². The van der Waals surface area contributed by atoms with Crippen molar-refractivity contribution in [1.82, 2.24) is 9.88 Å². The minimum atomic E-state index is -0.459. The molecular weight excluding hydrogens is 434 g/mol. The van der Waals surface area contributed by atoms with Crippen molar-refractivity contribution in [2.24, 2.45) is 5.92 Å². The first kappa shape index (κ1) is 21.7. The topological polar surface area (TPSA) is 103 Å². The van der Waals surface area contributed by atoms with Gasteiger partial charge >= 0.3 is 0 Å². The van der Waals surface area contributed by atoms with E-state index in [1.807, 2.05) is 0 Å². The van der Waals surface area contributed by atoms with Crippen LogP contribution in [-0.4, -0.2) is 73.4 Å². The van der Waals surface area contributed by atoms with E-state index in [2.05, 4.69) is 15.2 Å². The molecule has 5 heterocycles. The fourth-order valence-electron chi connectivity index (χ4n) is 4.47. The predicted molar refractivity (Wildman–Crippen MR) is 117 cm³/mol. The Hall–Kier alpha value is -2.11. The first-order valence-electron chi connectivity index (χ1n) is 11.1. The Morgan fingerprint density at radius 3 is 2.59 bits per heavy atom. The van der Waals surface area contributed by atoms with Gasteiger partial charge in [0.2, 0.25) is 5.91 Å². The number of amides is 1. The monoisotopic (exact) mass is 461 g/mol. The summed E-state index contributed by atoms with van der Waals surface area (Å²) in [5, 5.41) is 3.29. The number of aromatic nitrogens is 1. The zero-order valence-corrected chi connectivity index (χ0v) is 18.7. The number of nitrogens with zero attached hydrogens (tertiary/aromatic N) is 2. The van der Waals surface area contributed by atoms with Gasteiger partial charge in [0.1, 0.15) is 10.6 Å². The van der Waals surface area contributed by atoms with Crippen molar-refractivity contribution in [2.75, 3.05) is 51.4 Å². The first-order valence-corrected chi connectivity index (χ1v) is 11.9. The number of thiazole rings is 1. The molecule has 3 fully saturated rings. The van der Waals surface area contributed by atoms with Gasteiger partial charge < -0.3 is 23.9 Å². The highest BCUT2D eigenvalue weighted by Gasteiger charge is 2.40. The van der Waals surface area contributed by atoms with Crippen molar-refractivity contribution < 1.29 is 28.2 Å².